The first kappa shape index (κ1) is 29.6. The Morgan fingerprint density at radius 1 is 1.13 bits per heavy atom. The van der Waals surface area contributed by atoms with E-state index in [0.717, 1.165) is 36.9 Å². The number of rotatable bonds is 8. The van der Waals surface area contributed by atoms with Gasteiger partial charge in [0, 0.05) is 50.0 Å². The molecule has 3 aliphatic rings. The molecule has 2 heterocycles. The van der Waals surface area contributed by atoms with Crippen LogP contribution in [0, 0.1) is 11.7 Å². The number of piperazine rings is 1. The molecule has 1 aromatic carbocycles. The summed E-state index contributed by atoms with van der Waals surface area (Å²) >= 11 is 0. The van der Waals surface area contributed by atoms with Gasteiger partial charge in [0.15, 0.2) is 6.10 Å². The summed E-state index contributed by atoms with van der Waals surface area (Å²) in [6, 6.07) is 4.53. The molecule has 39 heavy (non-hydrogen) atoms. The van der Waals surface area contributed by atoms with Crippen LogP contribution in [0.2, 0.25) is 0 Å². The SMILES string of the molecule is C[C@@H](CN1c2ccc(F)cc2CC1(C)C)NC(=O)O[C@@H](CC1CCCCC1)C(=O)N1CCN(S(C)(=O)=O)CC1. The van der Waals surface area contributed by atoms with E-state index in [1.54, 1.807) is 17.0 Å². The number of anilines is 1. The van der Waals surface area contributed by atoms with Crippen molar-refractivity contribution in [2.24, 2.45) is 5.92 Å². The minimum absolute atomic E-state index is 0.233. The molecule has 4 rings (SSSR count). The molecule has 1 aromatic rings. The van der Waals surface area contributed by atoms with E-state index in [4.69, 9.17) is 4.74 Å². The second-order valence-electron chi connectivity index (χ2n) is 12.0. The summed E-state index contributed by atoms with van der Waals surface area (Å²) in [5.74, 6) is -0.196. The number of carbonyl (C=O) groups is 2. The Bertz CT molecular complexity index is 1150. The Morgan fingerprint density at radius 3 is 2.44 bits per heavy atom. The van der Waals surface area contributed by atoms with Crippen LogP contribution in [-0.2, 0) is 26.0 Å². The molecular formula is C28H43FN4O5S. The van der Waals surface area contributed by atoms with Crippen LogP contribution in [-0.4, -0.2) is 86.3 Å². The van der Waals surface area contributed by atoms with Crippen molar-refractivity contribution in [3.63, 3.8) is 0 Å². The Hall–Kier alpha value is -2.40. The number of alkyl carbamates (subject to hydrolysis) is 1. The van der Waals surface area contributed by atoms with Crippen molar-refractivity contribution in [3.05, 3.63) is 29.6 Å². The Labute approximate surface area is 232 Å². The quantitative estimate of drug-likeness (QED) is 0.517. The molecule has 1 saturated carbocycles. The summed E-state index contributed by atoms with van der Waals surface area (Å²) in [7, 11) is -3.31. The van der Waals surface area contributed by atoms with E-state index < -0.39 is 22.2 Å². The first-order chi connectivity index (χ1) is 18.3. The molecule has 0 aromatic heterocycles. The van der Waals surface area contributed by atoms with Crippen molar-refractivity contribution in [1.82, 2.24) is 14.5 Å². The van der Waals surface area contributed by atoms with Gasteiger partial charge in [-0.25, -0.2) is 17.6 Å². The van der Waals surface area contributed by atoms with Crippen LogP contribution >= 0.6 is 0 Å². The number of ether oxygens (including phenoxy) is 1. The van der Waals surface area contributed by atoms with Crippen LogP contribution < -0.4 is 10.2 Å². The zero-order valence-electron chi connectivity index (χ0n) is 23.6. The molecule has 0 bridgehead atoms. The fourth-order valence-electron chi connectivity index (χ4n) is 6.24. The van der Waals surface area contributed by atoms with Crippen LogP contribution in [0.25, 0.3) is 0 Å². The lowest BCUT2D eigenvalue weighted by Crippen LogP contribution is -2.54. The lowest BCUT2D eigenvalue weighted by Gasteiger charge is -2.37. The number of amides is 2. The number of hydrogen-bond donors (Lipinski definition) is 1. The smallest absolute Gasteiger partial charge is 0.408 e. The number of benzene rings is 1. The highest BCUT2D eigenvalue weighted by atomic mass is 32.2. The summed E-state index contributed by atoms with van der Waals surface area (Å²) in [5, 5.41) is 2.90. The van der Waals surface area contributed by atoms with E-state index in [1.807, 2.05) is 6.92 Å². The Kier molecular flexibility index (Phi) is 9.10. The van der Waals surface area contributed by atoms with Crippen LogP contribution in [0.4, 0.5) is 14.9 Å². The predicted octanol–water partition coefficient (Wildman–Crippen LogP) is 3.52. The minimum Gasteiger partial charge on any atom is -0.436 e. The maximum atomic E-state index is 13.8. The maximum Gasteiger partial charge on any atom is 0.408 e. The number of carbonyl (C=O) groups excluding carboxylic acids is 2. The lowest BCUT2D eigenvalue weighted by atomic mass is 9.85. The normalized spacial score (nSPS) is 21.8. The average Bonchev–Trinajstić information content (AvgIpc) is 3.11. The van der Waals surface area contributed by atoms with Gasteiger partial charge in [-0.1, -0.05) is 32.1 Å². The summed E-state index contributed by atoms with van der Waals surface area (Å²) < 4.78 is 44.7. The molecule has 0 unspecified atom stereocenters. The van der Waals surface area contributed by atoms with E-state index in [9.17, 15) is 22.4 Å². The standard InChI is InChI=1S/C28H43FN4O5S/c1-20(19-33-24-11-10-23(29)17-22(24)18-28(33,2)3)30-27(35)38-25(16-21-8-6-5-7-9-21)26(34)31-12-14-32(15-13-31)39(4,36)37/h10-11,17,20-21,25H,5-9,12-16,18-19H2,1-4H3,(H,30,35)/t20-,25-/m0/s1. The third-order valence-corrected chi connectivity index (χ3v) is 9.63. The van der Waals surface area contributed by atoms with E-state index in [1.165, 1.54) is 23.0 Å². The molecule has 11 heteroatoms. The topological polar surface area (TPSA) is 99.3 Å². The molecule has 2 aliphatic heterocycles. The molecule has 1 saturated heterocycles. The van der Waals surface area contributed by atoms with Crippen LogP contribution in [0.15, 0.2) is 18.2 Å². The van der Waals surface area contributed by atoms with E-state index in [2.05, 4.69) is 24.1 Å². The molecule has 0 spiro atoms. The van der Waals surface area contributed by atoms with Gasteiger partial charge in [-0.3, -0.25) is 4.79 Å². The van der Waals surface area contributed by atoms with Crippen molar-refractivity contribution >= 4 is 27.7 Å². The molecule has 2 fully saturated rings. The molecule has 1 N–H and O–H groups in total. The second-order valence-corrected chi connectivity index (χ2v) is 14.0. The fourth-order valence-corrected chi connectivity index (χ4v) is 7.07. The van der Waals surface area contributed by atoms with Gasteiger partial charge < -0.3 is 19.9 Å². The van der Waals surface area contributed by atoms with Gasteiger partial charge in [-0.15, -0.1) is 0 Å². The number of fused-ring (bicyclic) bond motifs is 1. The highest BCUT2D eigenvalue weighted by Gasteiger charge is 2.38. The third kappa shape index (κ3) is 7.42. The molecule has 2 atom stereocenters. The van der Waals surface area contributed by atoms with Crippen molar-refractivity contribution in [1.29, 1.82) is 0 Å². The minimum atomic E-state index is -3.31. The van der Waals surface area contributed by atoms with E-state index in [-0.39, 0.29) is 49.5 Å². The van der Waals surface area contributed by atoms with Crippen molar-refractivity contribution in [2.75, 3.05) is 43.9 Å². The first-order valence-corrected chi connectivity index (χ1v) is 16.0. The highest BCUT2D eigenvalue weighted by Crippen LogP contribution is 2.39. The largest absolute Gasteiger partial charge is 0.436 e. The van der Waals surface area contributed by atoms with Gasteiger partial charge in [0.25, 0.3) is 5.91 Å². The van der Waals surface area contributed by atoms with Crippen LogP contribution in [0.1, 0.15) is 64.9 Å². The van der Waals surface area contributed by atoms with E-state index in [0.29, 0.717) is 25.3 Å². The van der Waals surface area contributed by atoms with Gasteiger partial charge in [0.2, 0.25) is 10.0 Å². The van der Waals surface area contributed by atoms with E-state index >= 15 is 0 Å². The number of halogens is 1. The molecule has 2 amide bonds. The predicted molar refractivity (Wildman–Crippen MR) is 149 cm³/mol. The zero-order chi connectivity index (χ0) is 28.4. The molecule has 0 radical (unpaired) electrons. The number of hydrogen-bond acceptors (Lipinski definition) is 6. The third-order valence-electron chi connectivity index (χ3n) is 8.32. The second kappa shape index (κ2) is 12.0. The van der Waals surface area contributed by atoms with Gasteiger partial charge in [0.1, 0.15) is 5.82 Å². The fraction of sp³-hybridized carbons (Fsp3) is 0.714. The summed E-state index contributed by atoms with van der Waals surface area (Å²) in [5.41, 5.74) is 1.68. The zero-order valence-corrected chi connectivity index (χ0v) is 24.4. The van der Waals surface area contributed by atoms with Crippen LogP contribution in [0.5, 0.6) is 0 Å². The van der Waals surface area contributed by atoms with Gasteiger partial charge >= 0.3 is 6.09 Å². The Morgan fingerprint density at radius 2 is 1.79 bits per heavy atom. The average molecular weight is 567 g/mol. The monoisotopic (exact) mass is 566 g/mol. The van der Waals surface area contributed by atoms with Gasteiger partial charge in [-0.2, -0.15) is 4.31 Å². The van der Waals surface area contributed by atoms with Gasteiger partial charge in [-0.05, 0) is 63.3 Å². The molecule has 218 valence electrons. The van der Waals surface area contributed by atoms with Crippen molar-refractivity contribution < 1.29 is 27.1 Å². The number of sulfonamides is 1. The summed E-state index contributed by atoms with van der Waals surface area (Å²) in [6.45, 7) is 7.62. The highest BCUT2D eigenvalue weighted by molar-refractivity contribution is 7.88. The van der Waals surface area contributed by atoms with Crippen LogP contribution in [0.3, 0.4) is 0 Å². The number of nitrogens with zero attached hydrogens (tertiary/aromatic N) is 3. The summed E-state index contributed by atoms with van der Waals surface area (Å²) in [6.07, 6.45) is 6.24. The van der Waals surface area contributed by atoms with Crippen molar-refractivity contribution in [3.8, 4) is 0 Å². The Balaban J connectivity index is 1.38. The molecule has 9 nitrogen and oxygen atoms in total. The molecular weight excluding hydrogens is 523 g/mol. The first-order valence-electron chi connectivity index (χ1n) is 14.1. The van der Waals surface area contributed by atoms with Gasteiger partial charge in [0.05, 0.1) is 6.26 Å². The molecule has 1 aliphatic carbocycles. The number of nitrogens with one attached hydrogen (secondary N) is 1. The lowest BCUT2D eigenvalue weighted by molar-refractivity contribution is -0.142. The summed E-state index contributed by atoms with van der Waals surface area (Å²) in [4.78, 5) is 30.3. The van der Waals surface area contributed by atoms with Crippen molar-refractivity contribution in [2.45, 2.75) is 83.4 Å². The maximum absolute atomic E-state index is 13.8.